The van der Waals surface area contributed by atoms with Crippen molar-refractivity contribution in [3.63, 3.8) is 0 Å². The zero-order chi connectivity index (χ0) is 24.4. The molecule has 0 aliphatic heterocycles. The van der Waals surface area contributed by atoms with Gasteiger partial charge < -0.3 is 24.5 Å². The Labute approximate surface area is 202 Å². The molecular formula is C23H17Cl2N3O6. The largest absolute Gasteiger partial charge is 0.493 e. The molecule has 34 heavy (non-hydrogen) atoms. The van der Waals surface area contributed by atoms with Gasteiger partial charge in [0, 0.05) is 28.9 Å². The fourth-order valence-corrected chi connectivity index (χ4v) is 3.83. The van der Waals surface area contributed by atoms with Crippen LogP contribution in [0.5, 0.6) is 5.75 Å². The molecule has 2 amide bonds. The van der Waals surface area contributed by atoms with Crippen LogP contribution in [0.15, 0.2) is 47.1 Å². The van der Waals surface area contributed by atoms with Crippen molar-refractivity contribution in [1.82, 2.24) is 4.98 Å². The summed E-state index contributed by atoms with van der Waals surface area (Å²) in [7, 11) is 1.48. The smallest absolute Gasteiger partial charge is 0.397 e. The molecule has 0 saturated heterocycles. The standard InChI is InChI=1S/C23H17Cl2N3O6/c1-3-33-23(31)22(30)27-11-4-6-16-13(8-11)18-12(5-7-17(32-2)20(18)34-16)21(29)28-19-14(24)9-26-10-15(19)25/h4-10H,3H2,1-2H3,(H,27,30)(H,26,28,29). The van der Waals surface area contributed by atoms with Crippen LogP contribution < -0.4 is 15.4 Å². The summed E-state index contributed by atoms with van der Waals surface area (Å²) in [6.45, 7) is 1.67. The zero-order valence-corrected chi connectivity index (χ0v) is 19.4. The van der Waals surface area contributed by atoms with Gasteiger partial charge in [-0.3, -0.25) is 14.6 Å². The number of rotatable bonds is 5. The maximum atomic E-state index is 13.2. The maximum absolute atomic E-state index is 13.2. The van der Waals surface area contributed by atoms with Crippen molar-refractivity contribution in [2.75, 3.05) is 24.4 Å². The van der Waals surface area contributed by atoms with Crippen LogP contribution in [-0.4, -0.2) is 36.5 Å². The number of amides is 2. The number of furan rings is 1. The summed E-state index contributed by atoms with van der Waals surface area (Å²) in [6, 6.07) is 7.91. The van der Waals surface area contributed by atoms with Gasteiger partial charge in [-0.2, -0.15) is 0 Å². The normalized spacial score (nSPS) is 10.8. The van der Waals surface area contributed by atoms with E-state index in [0.29, 0.717) is 33.4 Å². The molecular weight excluding hydrogens is 485 g/mol. The number of nitrogens with one attached hydrogen (secondary N) is 2. The molecule has 2 aromatic heterocycles. The van der Waals surface area contributed by atoms with Gasteiger partial charge in [-0.15, -0.1) is 0 Å². The second kappa shape index (κ2) is 9.58. The molecule has 0 bridgehead atoms. The van der Waals surface area contributed by atoms with Crippen LogP contribution in [0.1, 0.15) is 17.3 Å². The first-order chi connectivity index (χ1) is 16.3. The molecule has 4 rings (SSSR count). The quantitative estimate of drug-likeness (QED) is 0.290. The Morgan fingerprint density at radius 2 is 1.79 bits per heavy atom. The van der Waals surface area contributed by atoms with E-state index in [1.807, 2.05) is 0 Å². The average molecular weight is 502 g/mol. The van der Waals surface area contributed by atoms with Gasteiger partial charge in [0.25, 0.3) is 5.91 Å². The van der Waals surface area contributed by atoms with Crippen LogP contribution >= 0.6 is 23.2 Å². The van der Waals surface area contributed by atoms with E-state index in [0.717, 1.165) is 0 Å². The third-order valence-corrected chi connectivity index (χ3v) is 5.43. The number of fused-ring (bicyclic) bond motifs is 3. The molecule has 0 atom stereocenters. The Bertz CT molecular complexity index is 1430. The number of aromatic nitrogens is 1. The third kappa shape index (κ3) is 4.35. The summed E-state index contributed by atoms with van der Waals surface area (Å²) in [4.78, 5) is 40.8. The first-order valence-corrected chi connectivity index (χ1v) is 10.7. The van der Waals surface area contributed by atoms with Gasteiger partial charge in [0.2, 0.25) is 0 Å². The lowest BCUT2D eigenvalue weighted by Crippen LogP contribution is -2.24. The maximum Gasteiger partial charge on any atom is 0.397 e. The molecule has 0 radical (unpaired) electrons. The molecule has 2 aromatic carbocycles. The van der Waals surface area contributed by atoms with Crippen molar-refractivity contribution in [3.8, 4) is 5.75 Å². The molecule has 9 nitrogen and oxygen atoms in total. The van der Waals surface area contributed by atoms with E-state index in [-0.39, 0.29) is 27.9 Å². The summed E-state index contributed by atoms with van der Waals surface area (Å²) >= 11 is 12.3. The van der Waals surface area contributed by atoms with Crippen molar-refractivity contribution in [2.24, 2.45) is 0 Å². The van der Waals surface area contributed by atoms with Gasteiger partial charge in [-0.1, -0.05) is 23.2 Å². The zero-order valence-electron chi connectivity index (χ0n) is 17.9. The average Bonchev–Trinajstić information content (AvgIpc) is 3.20. The van der Waals surface area contributed by atoms with Gasteiger partial charge >= 0.3 is 11.9 Å². The Morgan fingerprint density at radius 1 is 1.06 bits per heavy atom. The molecule has 0 spiro atoms. The van der Waals surface area contributed by atoms with Crippen LogP contribution in [-0.2, 0) is 14.3 Å². The topological polar surface area (TPSA) is 120 Å². The monoisotopic (exact) mass is 501 g/mol. The molecule has 0 aliphatic carbocycles. The Kier molecular flexibility index (Phi) is 6.58. The highest BCUT2D eigenvalue weighted by Gasteiger charge is 2.22. The molecule has 4 aromatic rings. The van der Waals surface area contributed by atoms with Crippen LogP contribution in [0.25, 0.3) is 21.9 Å². The van der Waals surface area contributed by atoms with Gasteiger partial charge in [0.15, 0.2) is 11.3 Å². The van der Waals surface area contributed by atoms with Crippen LogP contribution in [0.3, 0.4) is 0 Å². The fourth-order valence-electron chi connectivity index (χ4n) is 3.37. The molecule has 0 unspecified atom stereocenters. The Morgan fingerprint density at radius 3 is 2.47 bits per heavy atom. The highest BCUT2D eigenvalue weighted by Crippen LogP contribution is 2.39. The number of carbonyl (C=O) groups is 3. The van der Waals surface area contributed by atoms with E-state index in [2.05, 4.69) is 15.6 Å². The highest BCUT2D eigenvalue weighted by molar-refractivity contribution is 6.40. The predicted molar refractivity (Wildman–Crippen MR) is 128 cm³/mol. The SMILES string of the molecule is CCOC(=O)C(=O)Nc1ccc2oc3c(OC)ccc(C(=O)Nc4c(Cl)cncc4Cl)c3c2c1. The van der Waals surface area contributed by atoms with Crippen LogP contribution in [0.4, 0.5) is 11.4 Å². The number of pyridine rings is 1. The number of hydrogen-bond acceptors (Lipinski definition) is 7. The summed E-state index contributed by atoms with van der Waals surface area (Å²) in [5.41, 5.74) is 1.52. The number of esters is 1. The number of halogens is 2. The van der Waals surface area contributed by atoms with Crippen molar-refractivity contribution in [2.45, 2.75) is 6.92 Å². The van der Waals surface area contributed by atoms with Crippen LogP contribution in [0, 0.1) is 0 Å². The van der Waals surface area contributed by atoms with Crippen molar-refractivity contribution in [3.05, 3.63) is 58.3 Å². The first kappa shape index (κ1) is 23.3. The van der Waals surface area contributed by atoms with E-state index in [1.54, 1.807) is 37.3 Å². The van der Waals surface area contributed by atoms with Crippen molar-refractivity contribution in [1.29, 1.82) is 0 Å². The predicted octanol–water partition coefficient (Wildman–Crippen LogP) is 5.05. The van der Waals surface area contributed by atoms with E-state index in [9.17, 15) is 14.4 Å². The minimum absolute atomic E-state index is 0.0709. The van der Waals surface area contributed by atoms with E-state index < -0.39 is 17.8 Å². The van der Waals surface area contributed by atoms with Gasteiger partial charge in [0.05, 0.1) is 35.0 Å². The Hall–Kier alpha value is -3.82. The molecule has 0 fully saturated rings. The van der Waals surface area contributed by atoms with Gasteiger partial charge in [-0.05, 0) is 37.3 Å². The Balaban J connectivity index is 1.81. The summed E-state index contributed by atoms with van der Waals surface area (Å²) < 4.78 is 16.0. The summed E-state index contributed by atoms with van der Waals surface area (Å²) in [6.07, 6.45) is 2.72. The van der Waals surface area contributed by atoms with E-state index in [1.165, 1.54) is 19.5 Å². The molecule has 174 valence electrons. The minimum atomic E-state index is -1.01. The number of ether oxygens (including phenoxy) is 2. The lowest BCUT2D eigenvalue weighted by molar-refractivity contribution is -0.152. The number of hydrogen-bond donors (Lipinski definition) is 2. The number of methoxy groups -OCH3 is 1. The van der Waals surface area contributed by atoms with Crippen molar-refractivity contribution < 1.29 is 28.3 Å². The lowest BCUT2D eigenvalue weighted by atomic mass is 10.0. The van der Waals surface area contributed by atoms with E-state index in [4.69, 9.17) is 37.1 Å². The molecule has 11 heteroatoms. The lowest BCUT2D eigenvalue weighted by Gasteiger charge is -2.10. The van der Waals surface area contributed by atoms with Crippen LogP contribution in [0.2, 0.25) is 10.0 Å². The second-order valence-electron chi connectivity index (χ2n) is 6.94. The number of benzene rings is 2. The number of carbonyl (C=O) groups excluding carboxylic acids is 3. The van der Waals surface area contributed by atoms with E-state index >= 15 is 0 Å². The fraction of sp³-hybridized carbons (Fsp3) is 0.130. The highest BCUT2D eigenvalue weighted by atomic mass is 35.5. The number of nitrogens with zero attached hydrogens (tertiary/aromatic N) is 1. The van der Waals surface area contributed by atoms with Gasteiger partial charge in [0.1, 0.15) is 5.58 Å². The minimum Gasteiger partial charge on any atom is -0.493 e. The van der Waals surface area contributed by atoms with Crippen molar-refractivity contribution >= 4 is 74.3 Å². The summed E-state index contributed by atoms with van der Waals surface area (Å²) in [5.74, 6) is -2.04. The summed E-state index contributed by atoms with van der Waals surface area (Å²) in [5, 5.41) is 6.46. The molecule has 0 aliphatic rings. The second-order valence-corrected chi connectivity index (χ2v) is 7.75. The molecule has 0 saturated carbocycles. The molecule has 2 heterocycles. The molecule has 2 N–H and O–H groups in total. The van der Waals surface area contributed by atoms with Gasteiger partial charge in [-0.25, -0.2) is 4.79 Å². The first-order valence-electron chi connectivity index (χ1n) is 9.95. The third-order valence-electron chi connectivity index (χ3n) is 4.86. The number of anilines is 2.